The Hall–Kier alpha value is -2.87. The molecule has 1 N–H and O–H groups in total. The fourth-order valence-electron chi connectivity index (χ4n) is 4.18. The normalized spacial score (nSPS) is 31.7. The van der Waals surface area contributed by atoms with Crippen LogP contribution in [0.5, 0.6) is 0 Å². The molecule has 3 aliphatic heterocycles. The van der Waals surface area contributed by atoms with Gasteiger partial charge in [0.25, 0.3) is 0 Å². The third kappa shape index (κ3) is 2.08. The molecule has 2 amide bonds. The van der Waals surface area contributed by atoms with Crippen LogP contribution in [0.15, 0.2) is 45.6 Å². The van der Waals surface area contributed by atoms with E-state index in [1.54, 1.807) is 36.3 Å². The van der Waals surface area contributed by atoms with E-state index in [-0.39, 0.29) is 24.5 Å². The number of amides is 2. The van der Waals surface area contributed by atoms with E-state index in [9.17, 15) is 9.59 Å². The maximum Gasteiger partial charge on any atom is 0.235 e. The molecule has 0 aliphatic carbocycles. The maximum absolute atomic E-state index is 13.1. The van der Waals surface area contributed by atoms with Gasteiger partial charge in [-0.05, 0) is 19.1 Å². The van der Waals surface area contributed by atoms with Crippen molar-refractivity contribution in [3.63, 3.8) is 0 Å². The lowest BCUT2D eigenvalue weighted by molar-refractivity contribution is -0.132. The number of aromatic nitrogens is 1. The van der Waals surface area contributed by atoms with Gasteiger partial charge in [0.05, 0.1) is 37.3 Å². The number of hydrogen-bond acceptors (Lipinski definition) is 6. The number of nitrogens with zero attached hydrogens (tertiary/aromatic N) is 2. The van der Waals surface area contributed by atoms with Gasteiger partial charge in [-0.15, -0.1) is 0 Å². The van der Waals surface area contributed by atoms with Gasteiger partial charge in [0.15, 0.2) is 5.82 Å². The van der Waals surface area contributed by atoms with E-state index in [2.05, 4.69) is 10.5 Å². The van der Waals surface area contributed by atoms with Gasteiger partial charge >= 0.3 is 0 Å². The highest BCUT2D eigenvalue weighted by Gasteiger charge is 2.67. The number of furan rings is 1. The van der Waals surface area contributed by atoms with Crippen LogP contribution >= 0.6 is 0 Å². The van der Waals surface area contributed by atoms with Gasteiger partial charge in [-0.2, -0.15) is 0 Å². The van der Waals surface area contributed by atoms with Crippen molar-refractivity contribution in [2.45, 2.75) is 25.2 Å². The number of aryl methyl sites for hydroxylation is 1. The zero-order valence-electron chi connectivity index (χ0n) is 14.0. The molecular formula is C18H17N3O5. The molecule has 0 radical (unpaired) electrons. The Morgan fingerprint density at radius 2 is 2.38 bits per heavy atom. The molecule has 2 fully saturated rings. The summed E-state index contributed by atoms with van der Waals surface area (Å²) in [5.41, 5.74) is -0.776. The number of nitrogens with one attached hydrogen (secondary N) is 1. The number of anilines is 1. The second kappa shape index (κ2) is 5.31. The molecule has 0 unspecified atom stereocenters. The van der Waals surface area contributed by atoms with Gasteiger partial charge in [0, 0.05) is 6.07 Å². The van der Waals surface area contributed by atoms with E-state index in [0.717, 1.165) is 0 Å². The largest absolute Gasteiger partial charge is 0.467 e. The Morgan fingerprint density at radius 3 is 3.12 bits per heavy atom. The quantitative estimate of drug-likeness (QED) is 0.827. The van der Waals surface area contributed by atoms with Crippen molar-refractivity contribution < 1.29 is 23.3 Å². The van der Waals surface area contributed by atoms with Crippen LogP contribution in [0, 0.1) is 18.8 Å². The molecule has 1 spiro atoms. The Morgan fingerprint density at radius 1 is 1.50 bits per heavy atom. The van der Waals surface area contributed by atoms with Crippen LogP contribution < -0.4 is 10.2 Å². The second-order valence-corrected chi connectivity index (χ2v) is 6.92. The van der Waals surface area contributed by atoms with Gasteiger partial charge in [-0.1, -0.05) is 17.3 Å². The monoisotopic (exact) mass is 355 g/mol. The van der Waals surface area contributed by atoms with Crippen molar-refractivity contribution in [1.29, 1.82) is 0 Å². The van der Waals surface area contributed by atoms with Crippen molar-refractivity contribution in [1.82, 2.24) is 10.5 Å². The van der Waals surface area contributed by atoms with Crippen molar-refractivity contribution in [2.75, 3.05) is 11.4 Å². The van der Waals surface area contributed by atoms with Crippen LogP contribution in [0.3, 0.4) is 0 Å². The zero-order valence-corrected chi connectivity index (χ0v) is 14.0. The molecule has 4 atom stereocenters. The number of carbonyl (C=O) groups excluding carboxylic acids is 2. The minimum absolute atomic E-state index is 0.164. The first-order chi connectivity index (χ1) is 12.6. The van der Waals surface area contributed by atoms with Crippen LogP contribution in [0.4, 0.5) is 5.82 Å². The number of rotatable bonds is 4. The average molecular weight is 355 g/mol. The lowest BCUT2D eigenvalue weighted by atomic mass is 9.77. The number of carbonyl (C=O) groups is 2. The van der Waals surface area contributed by atoms with E-state index >= 15 is 0 Å². The van der Waals surface area contributed by atoms with E-state index in [4.69, 9.17) is 13.7 Å². The summed E-state index contributed by atoms with van der Waals surface area (Å²) in [6, 6.07) is 5.25. The lowest BCUT2D eigenvalue weighted by Gasteiger charge is -2.23. The van der Waals surface area contributed by atoms with Crippen LogP contribution in [-0.4, -0.2) is 35.2 Å². The molecule has 2 bridgehead atoms. The predicted molar refractivity (Wildman–Crippen MR) is 87.9 cm³/mol. The molecule has 2 aromatic rings. The Kier molecular flexibility index (Phi) is 3.14. The molecule has 2 saturated heterocycles. The number of hydrogen-bond donors (Lipinski definition) is 1. The summed E-state index contributed by atoms with van der Waals surface area (Å²) in [4.78, 5) is 27.4. The van der Waals surface area contributed by atoms with E-state index in [0.29, 0.717) is 23.9 Å². The fourth-order valence-corrected chi connectivity index (χ4v) is 4.18. The van der Waals surface area contributed by atoms with Crippen LogP contribution in [0.25, 0.3) is 0 Å². The first-order valence-corrected chi connectivity index (χ1v) is 8.49. The summed E-state index contributed by atoms with van der Waals surface area (Å²) in [7, 11) is 0. The molecule has 0 saturated carbocycles. The Labute approximate surface area is 148 Å². The minimum atomic E-state index is -0.776. The van der Waals surface area contributed by atoms with E-state index < -0.39 is 17.4 Å². The summed E-state index contributed by atoms with van der Waals surface area (Å²) < 4.78 is 16.4. The first-order valence-electron chi connectivity index (χ1n) is 8.49. The SMILES string of the molecule is Cc1cc(N2C[C@]34C=C[C@@H](O3)[C@@H](C(=O)NCc3ccco3)[C@H]4C2=O)no1. The molecule has 5 rings (SSSR count). The molecular weight excluding hydrogens is 338 g/mol. The third-order valence-corrected chi connectivity index (χ3v) is 5.31. The minimum Gasteiger partial charge on any atom is -0.467 e. The zero-order chi connectivity index (χ0) is 17.9. The molecule has 8 nitrogen and oxygen atoms in total. The molecule has 8 heteroatoms. The smallest absolute Gasteiger partial charge is 0.235 e. The van der Waals surface area contributed by atoms with Crippen molar-refractivity contribution in [3.05, 3.63) is 48.1 Å². The van der Waals surface area contributed by atoms with Crippen molar-refractivity contribution in [2.24, 2.45) is 11.8 Å². The molecule has 3 aliphatic rings. The first kappa shape index (κ1) is 15.4. The lowest BCUT2D eigenvalue weighted by Crippen LogP contribution is -2.43. The predicted octanol–water partition coefficient (Wildman–Crippen LogP) is 1.18. The van der Waals surface area contributed by atoms with Gasteiger partial charge < -0.3 is 19.0 Å². The summed E-state index contributed by atoms with van der Waals surface area (Å²) in [6.07, 6.45) is 4.95. The highest BCUT2D eigenvalue weighted by molar-refractivity contribution is 6.02. The van der Waals surface area contributed by atoms with Crippen LogP contribution in [0.1, 0.15) is 11.5 Å². The van der Waals surface area contributed by atoms with Gasteiger partial charge in [-0.3, -0.25) is 14.5 Å². The summed E-state index contributed by atoms with van der Waals surface area (Å²) in [5, 5.41) is 6.78. The van der Waals surface area contributed by atoms with Crippen LogP contribution in [-0.2, 0) is 20.9 Å². The van der Waals surface area contributed by atoms with Crippen molar-refractivity contribution >= 4 is 17.6 Å². The highest BCUT2D eigenvalue weighted by Crippen LogP contribution is 2.52. The van der Waals surface area contributed by atoms with Gasteiger partial charge in [0.1, 0.15) is 17.1 Å². The summed E-state index contributed by atoms with van der Waals surface area (Å²) >= 11 is 0. The van der Waals surface area contributed by atoms with E-state index in [1.807, 2.05) is 12.2 Å². The summed E-state index contributed by atoms with van der Waals surface area (Å²) in [5.74, 6) is 0.219. The topological polar surface area (TPSA) is 97.8 Å². The number of ether oxygens (including phenoxy) is 1. The average Bonchev–Trinajstić information content (AvgIpc) is 3.41. The molecule has 5 heterocycles. The highest BCUT2D eigenvalue weighted by atomic mass is 16.5. The number of fused-ring (bicyclic) bond motifs is 1. The standard InChI is InChI=1S/C18H17N3O5/c1-10-7-13(20-26-10)21-9-18-5-4-12(25-18)14(15(18)17(21)23)16(22)19-8-11-3-2-6-24-11/h2-7,12,14-15H,8-9H2,1H3,(H,19,22)/t12-,14-,15+,18+/m1/s1. The van der Waals surface area contributed by atoms with Crippen LogP contribution in [0.2, 0.25) is 0 Å². The molecule has 26 heavy (non-hydrogen) atoms. The van der Waals surface area contributed by atoms with Gasteiger partial charge in [0.2, 0.25) is 11.8 Å². The fraction of sp³-hybridized carbons (Fsp3) is 0.389. The Balaban J connectivity index is 1.40. The molecule has 134 valence electrons. The second-order valence-electron chi connectivity index (χ2n) is 6.92. The maximum atomic E-state index is 13.1. The Bertz CT molecular complexity index is 902. The van der Waals surface area contributed by atoms with Gasteiger partial charge in [-0.25, -0.2) is 0 Å². The van der Waals surface area contributed by atoms with Crippen molar-refractivity contribution in [3.8, 4) is 0 Å². The van der Waals surface area contributed by atoms with E-state index in [1.165, 1.54) is 0 Å². The summed E-state index contributed by atoms with van der Waals surface area (Å²) in [6.45, 7) is 2.37. The molecule has 2 aromatic heterocycles. The third-order valence-electron chi connectivity index (χ3n) is 5.31. The molecule has 0 aromatic carbocycles.